The van der Waals surface area contributed by atoms with Gasteiger partial charge in [-0.2, -0.15) is 0 Å². The molecule has 1 aromatic carbocycles. The lowest BCUT2D eigenvalue weighted by atomic mass is 10.1. The van der Waals surface area contributed by atoms with Crippen molar-refractivity contribution >= 4 is 11.8 Å². The van der Waals surface area contributed by atoms with Crippen LogP contribution >= 0.6 is 0 Å². The lowest BCUT2D eigenvalue weighted by Gasteiger charge is -2.21. The summed E-state index contributed by atoms with van der Waals surface area (Å²) in [6.07, 6.45) is 0.925. The first-order valence-corrected chi connectivity index (χ1v) is 7.86. The Bertz CT molecular complexity index is 572. The van der Waals surface area contributed by atoms with Gasteiger partial charge in [0.05, 0.1) is 6.54 Å². The summed E-state index contributed by atoms with van der Waals surface area (Å²) in [7, 11) is 0. The van der Waals surface area contributed by atoms with Gasteiger partial charge in [-0.3, -0.25) is 9.59 Å². The first-order valence-electron chi connectivity index (χ1n) is 7.86. The van der Waals surface area contributed by atoms with E-state index in [1.54, 1.807) is 0 Å². The highest BCUT2D eigenvalue weighted by Gasteiger charge is 2.17. The number of carbonyl (C=O) groups is 2. The van der Waals surface area contributed by atoms with E-state index in [2.05, 4.69) is 19.2 Å². The fourth-order valence-electron chi connectivity index (χ4n) is 2.27. The third-order valence-electron chi connectivity index (χ3n) is 3.63. The molecule has 0 saturated heterocycles. The van der Waals surface area contributed by atoms with E-state index in [1.807, 2.05) is 18.2 Å². The Labute approximate surface area is 136 Å². The molecule has 0 aliphatic carbocycles. The van der Waals surface area contributed by atoms with Crippen molar-refractivity contribution in [2.75, 3.05) is 19.9 Å². The number of hydrogen-bond acceptors (Lipinski definition) is 4. The van der Waals surface area contributed by atoms with Crippen molar-refractivity contribution in [2.45, 2.75) is 33.7 Å². The molecule has 1 aliphatic rings. The monoisotopic (exact) mass is 320 g/mol. The Balaban J connectivity index is 1.91. The van der Waals surface area contributed by atoms with Gasteiger partial charge in [-0.25, -0.2) is 0 Å². The van der Waals surface area contributed by atoms with Crippen LogP contribution in [0.2, 0.25) is 0 Å². The Morgan fingerprint density at radius 3 is 2.70 bits per heavy atom. The van der Waals surface area contributed by atoms with Crippen molar-refractivity contribution in [3.8, 4) is 11.5 Å². The largest absolute Gasteiger partial charge is 0.454 e. The first kappa shape index (κ1) is 17.1. The van der Waals surface area contributed by atoms with E-state index in [1.165, 1.54) is 11.8 Å². The third-order valence-corrected chi connectivity index (χ3v) is 3.63. The highest BCUT2D eigenvalue weighted by Crippen LogP contribution is 2.32. The summed E-state index contributed by atoms with van der Waals surface area (Å²) < 4.78 is 10.6. The van der Waals surface area contributed by atoms with Gasteiger partial charge in [0.2, 0.25) is 18.6 Å². The van der Waals surface area contributed by atoms with Crippen LogP contribution in [0.1, 0.15) is 32.8 Å². The normalized spacial score (nSPS) is 12.3. The number of ether oxygens (including phenoxy) is 2. The van der Waals surface area contributed by atoms with Crippen LogP contribution in [-0.2, 0) is 16.1 Å². The molecule has 0 aromatic heterocycles. The van der Waals surface area contributed by atoms with E-state index < -0.39 is 0 Å². The van der Waals surface area contributed by atoms with Crippen LogP contribution < -0.4 is 14.8 Å². The standard InChI is InChI=1S/C17H24N2O4/c1-12(2)6-7-18-17(21)10-19(13(3)20)9-14-4-5-15-16(8-14)23-11-22-15/h4-5,8,12H,6-7,9-11H2,1-3H3,(H,18,21). The summed E-state index contributed by atoms with van der Waals surface area (Å²) >= 11 is 0. The zero-order valence-corrected chi connectivity index (χ0v) is 13.9. The van der Waals surface area contributed by atoms with Gasteiger partial charge < -0.3 is 19.7 Å². The van der Waals surface area contributed by atoms with Crippen molar-refractivity contribution in [1.82, 2.24) is 10.2 Å². The van der Waals surface area contributed by atoms with Crippen LogP contribution in [-0.4, -0.2) is 36.6 Å². The second-order valence-corrected chi connectivity index (χ2v) is 6.10. The highest BCUT2D eigenvalue weighted by atomic mass is 16.7. The first-order chi connectivity index (χ1) is 11.0. The van der Waals surface area contributed by atoms with E-state index in [0.29, 0.717) is 30.5 Å². The molecule has 1 N–H and O–H groups in total. The molecule has 0 fully saturated rings. The fraction of sp³-hybridized carbons (Fsp3) is 0.529. The van der Waals surface area contributed by atoms with Gasteiger partial charge in [0.25, 0.3) is 0 Å². The molecule has 0 bridgehead atoms. The Kier molecular flexibility index (Phi) is 5.84. The number of rotatable bonds is 7. The maximum absolute atomic E-state index is 12.0. The summed E-state index contributed by atoms with van der Waals surface area (Å²) in [6.45, 7) is 6.95. The molecule has 6 nitrogen and oxygen atoms in total. The topological polar surface area (TPSA) is 67.9 Å². The van der Waals surface area contributed by atoms with Crippen LogP contribution in [0.3, 0.4) is 0 Å². The molecule has 23 heavy (non-hydrogen) atoms. The molecular weight excluding hydrogens is 296 g/mol. The van der Waals surface area contributed by atoms with Gasteiger partial charge in [0, 0.05) is 20.0 Å². The van der Waals surface area contributed by atoms with Crippen molar-refractivity contribution in [2.24, 2.45) is 5.92 Å². The minimum atomic E-state index is -0.137. The number of nitrogens with one attached hydrogen (secondary N) is 1. The molecule has 1 aromatic rings. The van der Waals surface area contributed by atoms with Crippen molar-refractivity contribution in [1.29, 1.82) is 0 Å². The van der Waals surface area contributed by atoms with Crippen molar-refractivity contribution in [3.63, 3.8) is 0 Å². The molecule has 0 spiro atoms. The average molecular weight is 320 g/mol. The van der Waals surface area contributed by atoms with Crippen molar-refractivity contribution < 1.29 is 19.1 Å². The minimum absolute atomic E-state index is 0.0574. The number of amides is 2. The molecule has 0 atom stereocenters. The number of benzene rings is 1. The minimum Gasteiger partial charge on any atom is -0.454 e. The maximum Gasteiger partial charge on any atom is 0.239 e. The summed E-state index contributed by atoms with van der Waals surface area (Å²) in [5, 5.41) is 2.85. The lowest BCUT2D eigenvalue weighted by molar-refractivity contribution is -0.134. The SMILES string of the molecule is CC(=O)N(CC(=O)NCCC(C)C)Cc1ccc2c(c1)OCO2. The van der Waals surface area contributed by atoms with Gasteiger partial charge in [-0.15, -0.1) is 0 Å². The second kappa shape index (κ2) is 7.85. The van der Waals surface area contributed by atoms with Gasteiger partial charge in [0.1, 0.15) is 0 Å². The molecule has 2 amide bonds. The van der Waals surface area contributed by atoms with Crippen LogP contribution in [0.25, 0.3) is 0 Å². The van der Waals surface area contributed by atoms with E-state index in [9.17, 15) is 9.59 Å². The van der Waals surface area contributed by atoms with E-state index in [-0.39, 0.29) is 25.2 Å². The molecule has 1 heterocycles. The van der Waals surface area contributed by atoms with Crippen LogP contribution in [0, 0.1) is 5.92 Å². The molecule has 126 valence electrons. The molecule has 2 rings (SSSR count). The number of fused-ring (bicyclic) bond motifs is 1. The predicted molar refractivity (Wildman–Crippen MR) is 86.1 cm³/mol. The molecule has 0 unspecified atom stereocenters. The van der Waals surface area contributed by atoms with Gasteiger partial charge in [-0.05, 0) is 30.0 Å². The van der Waals surface area contributed by atoms with Crippen LogP contribution in [0.15, 0.2) is 18.2 Å². The summed E-state index contributed by atoms with van der Waals surface area (Å²) in [6, 6.07) is 5.54. The number of nitrogens with zero attached hydrogens (tertiary/aromatic N) is 1. The van der Waals surface area contributed by atoms with Gasteiger partial charge >= 0.3 is 0 Å². The fourth-order valence-corrected chi connectivity index (χ4v) is 2.27. The van der Waals surface area contributed by atoms with Gasteiger partial charge in [-0.1, -0.05) is 19.9 Å². The third kappa shape index (κ3) is 5.16. The Morgan fingerprint density at radius 2 is 2.00 bits per heavy atom. The van der Waals surface area contributed by atoms with Crippen molar-refractivity contribution in [3.05, 3.63) is 23.8 Å². The van der Waals surface area contributed by atoms with E-state index >= 15 is 0 Å². The maximum atomic E-state index is 12.0. The summed E-state index contributed by atoms with van der Waals surface area (Å²) in [5.41, 5.74) is 0.902. The van der Waals surface area contributed by atoms with Crippen LogP contribution in [0.5, 0.6) is 11.5 Å². The quantitative estimate of drug-likeness (QED) is 0.833. The highest BCUT2D eigenvalue weighted by molar-refractivity contribution is 5.83. The molecule has 1 aliphatic heterocycles. The number of carbonyl (C=O) groups excluding carboxylic acids is 2. The van der Waals surface area contributed by atoms with Gasteiger partial charge in [0.15, 0.2) is 11.5 Å². The Morgan fingerprint density at radius 1 is 1.26 bits per heavy atom. The molecular formula is C17H24N2O4. The summed E-state index contributed by atoms with van der Waals surface area (Å²) in [4.78, 5) is 25.3. The van der Waals surface area contributed by atoms with E-state index in [0.717, 1.165) is 12.0 Å². The molecule has 0 saturated carbocycles. The van der Waals surface area contributed by atoms with Crippen LogP contribution in [0.4, 0.5) is 0 Å². The smallest absolute Gasteiger partial charge is 0.239 e. The molecule has 0 radical (unpaired) electrons. The average Bonchev–Trinajstić information content (AvgIpc) is 2.93. The zero-order valence-electron chi connectivity index (χ0n) is 13.9. The lowest BCUT2D eigenvalue weighted by Crippen LogP contribution is -2.39. The van der Waals surface area contributed by atoms with E-state index in [4.69, 9.17) is 9.47 Å². The second-order valence-electron chi connectivity index (χ2n) is 6.10. The summed E-state index contributed by atoms with van der Waals surface area (Å²) in [5.74, 6) is 1.64. The Hall–Kier alpha value is -2.24. The molecule has 6 heteroatoms. The predicted octanol–water partition coefficient (Wildman–Crippen LogP) is 1.93. The number of hydrogen-bond donors (Lipinski definition) is 1. The zero-order chi connectivity index (χ0) is 16.8.